The molecular formula is C16H21N3O3. The number of nitrogens with one attached hydrogen (secondary N) is 1. The number of fused-ring (bicyclic) bond motifs is 2. The second kappa shape index (κ2) is 4.93. The molecule has 2 aliphatic heterocycles. The number of hydrogen-bond donors (Lipinski definition) is 2. The van der Waals surface area contributed by atoms with Gasteiger partial charge in [-0.05, 0) is 30.4 Å². The first kappa shape index (κ1) is 14.0. The summed E-state index contributed by atoms with van der Waals surface area (Å²) in [5.74, 6) is 0.172. The number of hydrogen-bond acceptors (Lipinski definition) is 4. The smallest absolute Gasteiger partial charge is 0.261 e. The monoisotopic (exact) mass is 303 g/mol. The van der Waals surface area contributed by atoms with Crippen molar-refractivity contribution in [2.45, 2.75) is 37.8 Å². The Hall–Kier alpha value is -1.66. The van der Waals surface area contributed by atoms with Gasteiger partial charge in [-0.1, -0.05) is 6.42 Å². The lowest BCUT2D eigenvalue weighted by Crippen LogP contribution is -2.45. The molecule has 118 valence electrons. The van der Waals surface area contributed by atoms with Gasteiger partial charge in [-0.25, -0.2) is 0 Å². The molecule has 1 aromatic heterocycles. The number of likely N-dealkylation sites (tertiary alicyclic amines) is 1. The Bertz CT molecular complexity index is 684. The normalized spacial score (nSPS) is 30.2. The summed E-state index contributed by atoms with van der Waals surface area (Å²) in [5.41, 5.74) is 7.89. The van der Waals surface area contributed by atoms with Crippen LogP contribution in [0.1, 0.15) is 40.9 Å². The van der Waals surface area contributed by atoms with Crippen LogP contribution >= 0.6 is 0 Å². The fraction of sp³-hybridized carbons (Fsp3) is 0.625. The molecule has 0 radical (unpaired) electrons. The van der Waals surface area contributed by atoms with E-state index in [1.807, 2.05) is 0 Å². The second-order valence-electron chi connectivity index (χ2n) is 6.83. The van der Waals surface area contributed by atoms with Crippen LogP contribution in [0.4, 0.5) is 0 Å². The number of aromatic amines is 1. The summed E-state index contributed by atoms with van der Waals surface area (Å²) in [7, 11) is 0. The highest BCUT2D eigenvalue weighted by Gasteiger charge is 2.48. The zero-order valence-corrected chi connectivity index (χ0v) is 12.6. The molecule has 3 aliphatic rings. The summed E-state index contributed by atoms with van der Waals surface area (Å²) < 4.78 is 5.41. The van der Waals surface area contributed by atoms with Gasteiger partial charge >= 0.3 is 0 Å². The topological polar surface area (TPSA) is 88.4 Å². The predicted molar refractivity (Wildman–Crippen MR) is 80.6 cm³/mol. The van der Waals surface area contributed by atoms with Gasteiger partial charge in [-0.2, -0.15) is 0 Å². The van der Waals surface area contributed by atoms with Crippen LogP contribution in [0.15, 0.2) is 10.9 Å². The molecule has 6 heteroatoms. The van der Waals surface area contributed by atoms with E-state index < -0.39 is 0 Å². The highest BCUT2D eigenvalue weighted by molar-refractivity contribution is 5.94. The molecule has 1 amide bonds. The third-order valence-corrected chi connectivity index (χ3v) is 5.42. The molecule has 3 heterocycles. The van der Waals surface area contributed by atoms with Crippen LogP contribution in [0.2, 0.25) is 0 Å². The van der Waals surface area contributed by atoms with Crippen LogP contribution in [0.25, 0.3) is 0 Å². The van der Waals surface area contributed by atoms with Crippen molar-refractivity contribution in [2.75, 3.05) is 19.7 Å². The van der Waals surface area contributed by atoms with Crippen molar-refractivity contribution in [1.82, 2.24) is 9.88 Å². The molecule has 6 nitrogen and oxygen atoms in total. The van der Waals surface area contributed by atoms with Crippen LogP contribution < -0.4 is 11.3 Å². The van der Waals surface area contributed by atoms with E-state index in [-0.39, 0.29) is 22.6 Å². The number of H-pyrrole nitrogens is 1. The first-order valence-electron chi connectivity index (χ1n) is 7.98. The second-order valence-corrected chi connectivity index (χ2v) is 6.83. The number of ether oxygens (including phenoxy) is 1. The summed E-state index contributed by atoms with van der Waals surface area (Å²) in [4.78, 5) is 29.6. The number of carbonyl (C=O) groups is 1. The number of carbonyl (C=O) groups excluding carboxylic acids is 1. The molecule has 1 aromatic rings. The highest BCUT2D eigenvalue weighted by Crippen LogP contribution is 2.39. The zero-order valence-electron chi connectivity index (χ0n) is 12.6. The molecule has 22 heavy (non-hydrogen) atoms. The van der Waals surface area contributed by atoms with E-state index in [0.29, 0.717) is 38.6 Å². The van der Waals surface area contributed by atoms with Crippen LogP contribution in [0.3, 0.4) is 0 Å². The molecule has 1 aliphatic carbocycles. The average molecular weight is 303 g/mol. The van der Waals surface area contributed by atoms with Gasteiger partial charge in [0.25, 0.3) is 11.5 Å². The molecular weight excluding hydrogens is 282 g/mol. The summed E-state index contributed by atoms with van der Waals surface area (Å²) in [6.45, 7) is 2.29. The minimum absolute atomic E-state index is 0.200. The SMILES string of the molecule is NC12CCCC1CN(C(=O)c1cc3c([nH]c1=O)CCOC3)C2. The van der Waals surface area contributed by atoms with Gasteiger partial charge in [-0.15, -0.1) is 0 Å². The summed E-state index contributed by atoms with van der Waals surface area (Å²) in [5, 5.41) is 0. The molecule has 3 N–H and O–H groups in total. The summed E-state index contributed by atoms with van der Waals surface area (Å²) in [6.07, 6.45) is 3.88. The van der Waals surface area contributed by atoms with Crippen molar-refractivity contribution in [1.29, 1.82) is 0 Å². The average Bonchev–Trinajstić information content (AvgIpc) is 3.00. The van der Waals surface area contributed by atoms with Crippen molar-refractivity contribution < 1.29 is 9.53 Å². The van der Waals surface area contributed by atoms with Gasteiger partial charge in [0.05, 0.1) is 13.2 Å². The lowest BCUT2D eigenvalue weighted by atomic mass is 9.92. The number of rotatable bonds is 1. The number of nitrogens with two attached hydrogens (primary N) is 1. The fourth-order valence-electron chi connectivity index (χ4n) is 4.14. The first-order valence-corrected chi connectivity index (χ1v) is 7.98. The standard InChI is InChI=1S/C16H21N3O3/c17-16-4-1-2-11(16)7-19(9-16)15(21)12-6-10-8-22-5-3-13(10)18-14(12)20/h6,11H,1-5,7-9,17H2,(H,18,20). The molecule has 0 spiro atoms. The lowest BCUT2D eigenvalue weighted by Gasteiger charge is -2.23. The van der Waals surface area contributed by atoms with Gasteiger partial charge in [0.1, 0.15) is 5.56 Å². The lowest BCUT2D eigenvalue weighted by molar-refractivity contribution is 0.0774. The quantitative estimate of drug-likeness (QED) is 0.786. The Morgan fingerprint density at radius 3 is 3.18 bits per heavy atom. The van der Waals surface area contributed by atoms with Gasteiger partial charge in [0.2, 0.25) is 0 Å². The minimum Gasteiger partial charge on any atom is -0.376 e. The summed E-state index contributed by atoms with van der Waals surface area (Å²) in [6, 6.07) is 1.70. The highest BCUT2D eigenvalue weighted by atomic mass is 16.5. The maximum Gasteiger partial charge on any atom is 0.261 e. The zero-order chi connectivity index (χ0) is 15.3. The van der Waals surface area contributed by atoms with E-state index in [1.165, 1.54) is 0 Å². The van der Waals surface area contributed by atoms with Crippen molar-refractivity contribution in [2.24, 2.45) is 11.7 Å². The molecule has 1 saturated heterocycles. The maximum absolute atomic E-state index is 12.7. The van der Waals surface area contributed by atoms with E-state index >= 15 is 0 Å². The van der Waals surface area contributed by atoms with Gasteiger partial charge < -0.3 is 20.4 Å². The number of nitrogens with zero attached hydrogens (tertiary/aromatic N) is 1. The Morgan fingerprint density at radius 2 is 2.36 bits per heavy atom. The van der Waals surface area contributed by atoms with E-state index in [9.17, 15) is 9.59 Å². The van der Waals surface area contributed by atoms with E-state index in [2.05, 4.69) is 4.98 Å². The van der Waals surface area contributed by atoms with Crippen molar-refractivity contribution in [3.63, 3.8) is 0 Å². The molecule has 2 fully saturated rings. The molecule has 4 rings (SSSR count). The molecule has 0 bridgehead atoms. The van der Waals surface area contributed by atoms with E-state index in [4.69, 9.17) is 10.5 Å². The summed E-state index contributed by atoms with van der Waals surface area (Å²) >= 11 is 0. The number of amides is 1. The Balaban J connectivity index is 1.62. The Kier molecular flexibility index (Phi) is 3.13. The third kappa shape index (κ3) is 2.09. The van der Waals surface area contributed by atoms with Crippen LogP contribution in [-0.2, 0) is 17.8 Å². The number of aromatic nitrogens is 1. The first-order chi connectivity index (χ1) is 10.6. The van der Waals surface area contributed by atoms with Gasteiger partial charge in [-0.3, -0.25) is 9.59 Å². The third-order valence-electron chi connectivity index (χ3n) is 5.42. The number of pyridine rings is 1. The predicted octanol–water partition coefficient (Wildman–Crippen LogP) is 0.401. The minimum atomic E-state index is -0.297. The van der Waals surface area contributed by atoms with Crippen molar-refractivity contribution >= 4 is 5.91 Å². The Labute approximate surface area is 128 Å². The molecule has 2 unspecified atom stereocenters. The van der Waals surface area contributed by atoms with Crippen molar-refractivity contribution in [3.8, 4) is 0 Å². The van der Waals surface area contributed by atoms with Crippen LogP contribution in [-0.4, -0.2) is 41.0 Å². The van der Waals surface area contributed by atoms with Crippen molar-refractivity contribution in [3.05, 3.63) is 33.2 Å². The Morgan fingerprint density at radius 1 is 1.50 bits per heavy atom. The fourth-order valence-corrected chi connectivity index (χ4v) is 4.14. The largest absolute Gasteiger partial charge is 0.376 e. The van der Waals surface area contributed by atoms with E-state index in [0.717, 1.165) is 30.5 Å². The van der Waals surface area contributed by atoms with Gasteiger partial charge in [0, 0.05) is 30.7 Å². The molecule has 0 aromatic carbocycles. The van der Waals surface area contributed by atoms with Crippen LogP contribution in [0.5, 0.6) is 0 Å². The van der Waals surface area contributed by atoms with Gasteiger partial charge in [0.15, 0.2) is 0 Å². The maximum atomic E-state index is 12.7. The van der Waals surface area contributed by atoms with E-state index in [1.54, 1.807) is 11.0 Å². The van der Waals surface area contributed by atoms with Crippen LogP contribution in [0, 0.1) is 5.92 Å². The molecule has 2 atom stereocenters. The molecule has 1 saturated carbocycles.